The number of nitrogens with zero attached hydrogens (tertiary/aromatic N) is 1. The number of carbonyl (C=O) groups is 1. The summed E-state index contributed by atoms with van der Waals surface area (Å²) in [6, 6.07) is 0. The van der Waals surface area contributed by atoms with Crippen LogP contribution in [0.25, 0.3) is 0 Å². The highest BCUT2D eigenvalue weighted by Crippen LogP contribution is 2.49. The summed E-state index contributed by atoms with van der Waals surface area (Å²) in [7, 11) is 2.22. The van der Waals surface area contributed by atoms with Gasteiger partial charge in [-0.3, -0.25) is 4.79 Å². The molecule has 0 radical (unpaired) electrons. The zero-order valence-electron chi connectivity index (χ0n) is 13.8. The van der Waals surface area contributed by atoms with E-state index in [-0.39, 0.29) is 5.97 Å². The van der Waals surface area contributed by atoms with Crippen LogP contribution < -0.4 is 0 Å². The van der Waals surface area contributed by atoms with E-state index >= 15 is 0 Å². The lowest BCUT2D eigenvalue weighted by atomic mass is 9.59. The van der Waals surface area contributed by atoms with Crippen molar-refractivity contribution in [1.29, 1.82) is 0 Å². The largest absolute Gasteiger partial charge is 0.466 e. The lowest BCUT2D eigenvalue weighted by Gasteiger charge is -2.51. The van der Waals surface area contributed by atoms with E-state index in [9.17, 15) is 4.79 Å². The van der Waals surface area contributed by atoms with Crippen LogP contribution in [0.2, 0.25) is 0 Å². The van der Waals surface area contributed by atoms with Gasteiger partial charge in [0.25, 0.3) is 0 Å². The molecule has 1 heterocycles. The summed E-state index contributed by atoms with van der Waals surface area (Å²) in [5, 5.41) is 0. The average molecular weight is 281 g/mol. The lowest BCUT2D eigenvalue weighted by Crippen LogP contribution is -2.51. The molecule has 0 aromatic rings. The third-order valence-corrected chi connectivity index (χ3v) is 5.41. The number of piperidine rings is 1. The monoisotopic (exact) mass is 281 g/mol. The topological polar surface area (TPSA) is 29.5 Å². The Morgan fingerprint density at radius 3 is 2.20 bits per heavy atom. The minimum Gasteiger partial charge on any atom is -0.466 e. The van der Waals surface area contributed by atoms with Gasteiger partial charge in [0.15, 0.2) is 0 Å². The molecule has 2 fully saturated rings. The molecule has 2 unspecified atom stereocenters. The molecule has 2 rings (SSSR count). The number of likely N-dealkylation sites (tertiary alicyclic amines) is 1. The van der Waals surface area contributed by atoms with Crippen molar-refractivity contribution >= 4 is 5.97 Å². The van der Waals surface area contributed by atoms with E-state index in [4.69, 9.17) is 4.74 Å². The number of fused-ring (bicyclic) bond motifs is 2. The molecule has 1 aliphatic carbocycles. The molecule has 0 N–H and O–H groups in total. The molecular weight excluding hydrogens is 250 g/mol. The van der Waals surface area contributed by atoms with Crippen molar-refractivity contribution in [3.05, 3.63) is 0 Å². The van der Waals surface area contributed by atoms with Crippen LogP contribution in [0.1, 0.15) is 47.0 Å². The van der Waals surface area contributed by atoms with Gasteiger partial charge in [0, 0.05) is 19.5 Å². The van der Waals surface area contributed by atoms with E-state index in [0.29, 0.717) is 36.2 Å². The summed E-state index contributed by atoms with van der Waals surface area (Å²) in [4.78, 5) is 14.3. The highest BCUT2D eigenvalue weighted by atomic mass is 16.5. The van der Waals surface area contributed by atoms with Gasteiger partial charge in [0.2, 0.25) is 0 Å². The van der Waals surface area contributed by atoms with Gasteiger partial charge < -0.3 is 9.64 Å². The highest BCUT2D eigenvalue weighted by Gasteiger charge is 2.45. The maximum absolute atomic E-state index is 11.9. The van der Waals surface area contributed by atoms with E-state index in [1.54, 1.807) is 0 Å². The number of ether oxygens (including phenoxy) is 1. The quantitative estimate of drug-likeness (QED) is 0.744. The van der Waals surface area contributed by atoms with Gasteiger partial charge in [-0.05, 0) is 55.9 Å². The fourth-order valence-corrected chi connectivity index (χ4v) is 4.31. The molecule has 20 heavy (non-hydrogen) atoms. The Morgan fingerprint density at radius 2 is 1.75 bits per heavy atom. The van der Waals surface area contributed by atoms with Gasteiger partial charge in [-0.15, -0.1) is 0 Å². The van der Waals surface area contributed by atoms with Crippen LogP contribution in [-0.4, -0.2) is 37.6 Å². The smallest absolute Gasteiger partial charge is 0.306 e. The number of rotatable bonds is 3. The van der Waals surface area contributed by atoms with Crippen LogP contribution in [0.5, 0.6) is 0 Å². The zero-order chi connectivity index (χ0) is 14.9. The van der Waals surface area contributed by atoms with Crippen LogP contribution in [0.4, 0.5) is 0 Å². The van der Waals surface area contributed by atoms with Gasteiger partial charge >= 0.3 is 5.97 Å². The van der Waals surface area contributed by atoms with Crippen molar-refractivity contribution in [2.45, 2.75) is 47.0 Å². The lowest BCUT2D eigenvalue weighted by molar-refractivity contribution is -0.147. The minimum atomic E-state index is 0.00580. The SMILES string of the molecule is CCOC(=O)CC1C2CC(C(C)(C)C)CC1CN(C)C2. The molecule has 0 aromatic carbocycles. The fraction of sp³-hybridized carbons (Fsp3) is 0.941. The average Bonchev–Trinajstić information content (AvgIpc) is 2.28. The van der Waals surface area contributed by atoms with E-state index in [2.05, 4.69) is 32.7 Å². The number of esters is 1. The molecule has 3 heteroatoms. The zero-order valence-corrected chi connectivity index (χ0v) is 13.8. The molecule has 1 aliphatic heterocycles. The highest BCUT2D eigenvalue weighted by molar-refractivity contribution is 5.69. The molecule has 3 nitrogen and oxygen atoms in total. The van der Waals surface area contributed by atoms with E-state index in [0.717, 1.165) is 19.0 Å². The Bertz CT molecular complexity index is 331. The second kappa shape index (κ2) is 6.05. The second-order valence-electron chi connectivity index (χ2n) is 7.95. The minimum absolute atomic E-state index is 0.00580. The summed E-state index contributed by atoms with van der Waals surface area (Å²) in [6.07, 6.45) is 3.18. The standard InChI is InChI=1S/C17H31NO2/c1-6-20-16(19)9-15-12-7-14(17(2,3)4)8-13(15)11-18(5)10-12/h12-15H,6-11H2,1-5H3. The molecule has 2 bridgehead atoms. The molecule has 0 spiro atoms. The molecule has 2 aliphatic rings. The molecule has 2 atom stereocenters. The number of hydrogen-bond donors (Lipinski definition) is 0. The third kappa shape index (κ3) is 3.55. The van der Waals surface area contributed by atoms with Crippen LogP contribution in [-0.2, 0) is 9.53 Å². The Kier molecular flexibility index (Phi) is 4.78. The van der Waals surface area contributed by atoms with Crippen LogP contribution in [0.3, 0.4) is 0 Å². The van der Waals surface area contributed by atoms with Gasteiger partial charge in [-0.1, -0.05) is 20.8 Å². The number of hydrogen-bond acceptors (Lipinski definition) is 3. The van der Waals surface area contributed by atoms with E-state index in [1.807, 2.05) is 6.92 Å². The molecule has 0 amide bonds. The maximum atomic E-state index is 11.9. The van der Waals surface area contributed by atoms with Crippen molar-refractivity contribution in [2.75, 3.05) is 26.7 Å². The Morgan fingerprint density at radius 1 is 1.20 bits per heavy atom. The summed E-state index contributed by atoms with van der Waals surface area (Å²) in [5.41, 5.74) is 0.390. The van der Waals surface area contributed by atoms with Crippen LogP contribution in [0, 0.1) is 29.1 Å². The predicted octanol–water partition coefficient (Wildman–Crippen LogP) is 3.19. The van der Waals surface area contributed by atoms with Gasteiger partial charge in [0.05, 0.1) is 6.61 Å². The summed E-state index contributed by atoms with van der Waals surface area (Å²) in [6.45, 7) is 11.8. The molecule has 1 saturated carbocycles. The summed E-state index contributed by atoms with van der Waals surface area (Å²) >= 11 is 0. The maximum Gasteiger partial charge on any atom is 0.306 e. The van der Waals surface area contributed by atoms with Crippen molar-refractivity contribution in [1.82, 2.24) is 4.90 Å². The first-order valence-electron chi connectivity index (χ1n) is 8.15. The van der Waals surface area contributed by atoms with Gasteiger partial charge in [-0.25, -0.2) is 0 Å². The van der Waals surface area contributed by atoms with Crippen molar-refractivity contribution < 1.29 is 9.53 Å². The van der Waals surface area contributed by atoms with E-state index < -0.39 is 0 Å². The number of carbonyl (C=O) groups excluding carboxylic acids is 1. The molecule has 116 valence electrons. The van der Waals surface area contributed by atoms with Crippen LogP contribution >= 0.6 is 0 Å². The molecule has 0 aromatic heterocycles. The third-order valence-electron chi connectivity index (χ3n) is 5.41. The normalized spacial score (nSPS) is 34.9. The first-order chi connectivity index (χ1) is 9.31. The second-order valence-corrected chi connectivity index (χ2v) is 7.95. The van der Waals surface area contributed by atoms with Gasteiger partial charge in [-0.2, -0.15) is 0 Å². The molecule has 1 saturated heterocycles. The fourth-order valence-electron chi connectivity index (χ4n) is 4.31. The Balaban J connectivity index is 2.06. The van der Waals surface area contributed by atoms with E-state index in [1.165, 1.54) is 12.8 Å². The van der Waals surface area contributed by atoms with Crippen molar-refractivity contribution in [2.24, 2.45) is 29.1 Å². The van der Waals surface area contributed by atoms with Crippen LogP contribution in [0.15, 0.2) is 0 Å². The van der Waals surface area contributed by atoms with Crippen molar-refractivity contribution in [3.63, 3.8) is 0 Å². The van der Waals surface area contributed by atoms with Crippen molar-refractivity contribution in [3.8, 4) is 0 Å². The predicted molar refractivity (Wildman–Crippen MR) is 81.4 cm³/mol. The first-order valence-corrected chi connectivity index (χ1v) is 8.15. The first kappa shape index (κ1) is 15.8. The summed E-state index contributed by atoms with van der Waals surface area (Å²) < 4.78 is 5.18. The molecular formula is C17H31NO2. The Hall–Kier alpha value is -0.570. The Labute approximate surface area is 124 Å². The van der Waals surface area contributed by atoms with Gasteiger partial charge in [0.1, 0.15) is 0 Å². The summed E-state index contributed by atoms with van der Waals surface area (Å²) in [5.74, 6) is 2.68.